The first-order chi connectivity index (χ1) is 11.4. The minimum Gasteiger partial charge on any atom is -0.477 e. The van der Waals surface area contributed by atoms with Crippen LogP contribution in [0.25, 0.3) is 0 Å². The van der Waals surface area contributed by atoms with Crippen molar-refractivity contribution in [1.29, 1.82) is 0 Å². The van der Waals surface area contributed by atoms with Crippen molar-refractivity contribution in [3.63, 3.8) is 0 Å². The zero-order valence-corrected chi connectivity index (χ0v) is 17.4. The predicted molar refractivity (Wildman–Crippen MR) is 103 cm³/mol. The zero-order valence-electron chi connectivity index (χ0n) is 17.4. The summed E-state index contributed by atoms with van der Waals surface area (Å²) in [6, 6.07) is 0. The normalized spacial score (nSPS) is 11.6. The van der Waals surface area contributed by atoms with Crippen molar-refractivity contribution in [3.05, 3.63) is 0 Å². The van der Waals surface area contributed by atoms with Crippen molar-refractivity contribution >= 4 is 11.9 Å². The smallest absolute Gasteiger partial charge is 0.359 e. The van der Waals surface area contributed by atoms with Gasteiger partial charge in [-0.1, -0.05) is 45.4 Å². The van der Waals surface area contributed by atoms with Crippen molar-refractivity contribution in [1.82, 2.24) is 0 Å². The molecule has 0 saturated heterocycles. The topological polar surface area (TPSA) is 74.6 Å². The quantitative estimate of drug-likeness (QED) is 0.390. The van der Waals surface area contributed by atoms with Crippen LogP contribution in [0.4, 0.5) is 0 Å². The molecule has 0 fully saturated rings. The number of nitrogens with zero attached hydrogens (tertiary/aromatic N) is 2. The Labute approximate surface area is 154 Å². The fraction of sp³-hybridized carbons (Fsp3) is 0.895. The molecule has 2 N–H and O–H groups in total. The summed E-state index contributed by atoms with van der Waals surface area (Å²) < 4.78 is 1.08. The van der Waals surface area contributed by atoms with E-state index in [1.807, 2.05) is 35.2 Å². The van der Waals surface area contributed by atoms with Gasteiger partial charge >= 0.3 is 11.9 Å². The van der Waals surface area contributed by atoms with Crippen molar-refractivity contribution in [2.45, 2.75) is 58.3 Å². The number of hydrogen-bond donors (Lipinski definition) is 2. The summed E-state index contributed by atoms with van der Waals surface area (Å²) in [4.78, 5) is 20.6. The Morgan fingerprint density at radius 1 is 0.680 bits per heavy atom. The van der Waals surface area contributed by atoms with Gasteiger partial charge in [-0.05, 0) is 12.8 Å². The van der Waals surface area contributed by atoms with Crippen molar-refractivity contribution < 1.29 is 28.8 Å². The molecule has 0 amide bonds. The molecule has 0 aliphatic carbocycles. The van der Waals surface area contributed by atoms with Crippen molar-refractivity contribution in [2.75, 3.05) is 54.9 Å². The molecule has 0 aromatic rings. The summed E-state index contributed by atoms with van der Waals surface area (Å²) in [7, 11) is 9.51. The molecular weight excluding hydrogens is 320 g/mol. The predicted octanol–water partition coefficient (Wildman–Crippen LogP) is 3.07. The Hall–Kier alpha value is -1.14. The molecule has 150 valence electrons. The van der Waals surface area contributed by atoms with Crippen LogP contribution in [0, 0.1) is 0 Å². The molecule has 0 unspecified atom stereocenters. The fourth-order valence-electron chi connectivity index (χ4n) is 2.52. The third-order valence-electron chi connectivity index (χ3n) is 3.79. The van der Waals surface area contributed by atoms with Gasteiger partial charge in [0.1, 0.15) is 0 Å². The molecule has 6 nitrogen and oxygen atoms in total. The van der Waals surface area contributed by atoms with Gasteiger partial charge in [-0.15, -0.1) is 0 Å². The van der Waals surface area contributed by atoms with Crippen LogP contribution in [0.5, 0.6) is 0 Å². The van der Waals surface area contributed by atoms with Crippen molar-refractivity contribution in [3.8, 4) is 0 Å². The summed E-state index contributed by atoms with van der Waals surface area (Å²) in [5.41, 5.74) is 0. The van der Waals surface area contributed by atoms with E-state index in [-0.39, 0.29) is 13.1 Å². The van der Waals surface area contributed by atoms with E-state index in [0.29, 0.717) is 8.97 Å². The Kier molecular flexibility index (Phi) is 14.7. The van der Waals surface area contributed by atoms with Gasteiger partial charge in [-0.3, -0.25) is 0 Å². The Morgan fingerprint density at radius 2 is 1.08 bits per heavy atom. The highest BCUT2D eigenvalue weighted by Gasteiger charge is 2.18. The lowest BCUT2D eigenvalue weighted by Gasteiger charge is -2.27. The first-order valence-corrected chi connectivity index (χ1v) is 9.45. The SMILES string of the molecule is CCCCCCCCCC[N+](C)(C)CC(=O)O.C[N+](C)(C)CC(=O)O. The molecule has 0 aromatic carbocycles. The molecule has 0 spiro atoms. The highest BCUT2D eigenvalue weighted by atomic mass is 16.4. The summed E-state index contributed by atoms with van der Waals surface area (Å²) in [5, 5.41) is 17.0. The summed E-state index contributed by atoms with van der Waals surface area (Å²) >= 11 is 0. The lowest BCUT2D eigenvalue weighted by molar-refractivity contribution is -0.883. The molecule has 0 aliphatic rings. The first-order valence-electron chi connectivity index (χ1n) is 9.45. The fourth-order valence-corrected chi connectivity index (χ4v) is 2.52. The van der Waals surface area contributed by atoms with Gasteiger partial charge in [0.2, 0.25) is 0 Å². The highest BCUT2D eigenvalue weighted by Crippen LogP contribution is 2.10. The lowest BCUT2D eigenvalue weighted by Crippen LogP contribution is -2.44. The first kappa shape index (κ1) is 26.1. The van der Waals surface area contributed by atoms with Gasteiger partial charge in [0.05, 0.1) is 41.8 Å². The number of unbranched alkanes of at least 4 members (excludes halogenated alkanes) is 7. The van der Waals surface area contributed by atoms with Crippen LogP contribution in [-0.4, -0.2) is 86.0 Å². The average Bonchev–Trinajstić information content (AvgIpc) is 2.38. The van der Waals surface area contributed by atoms with E-state index in [1.54, 1.807) is 0 Å². The maximum Gasteiger partial charge on any atom is 0.359 e. The number of carbonyl (C=O) groups is 2. The van der Waals surface area contributed by atoms with Crippen molar-refractivity contribution in [2.24, 2.45) is 0 Å². The van der Waals surface area contributed by atoms with Crippen LogP contribution in [0.1, 0.15) is 58.3 Å². The maximum atomic E-state index is 10.6. The zero-order chi connectivity index (χ0) is 19.9. The summed E-state index contributed by atoms with van der Waals surface area (Å²) in [5.74, 6) is -1.45. The molecule has 0 aromatic heterocycles. The lowest BCUT2D eigenvalue weighted by atomic mass is 10.1. The third-order valence-corrected chi connectivity index (χ3v) is 3.79. The second kappa shape index (κ2) is 14.1. The number of likely N-dealkylation sites (N-methyl/N-ethyl adjacent to an activating group) is 2. The van der Waals surface area contributed by atoms with Gasteiger partial charge in [0.15, 0.2) is 13.1 Å². The number of carboxylic acids is 2. The minimum atomic E-state index is -0.752. The highest BCUT2D eigenvalue weighted by molar-refractivity contribution is 5.68. The van der Waals surface area contributed by atoms with Crippen LogP contribution < -0.4 is 0 Å². The van der Waals surface area contributed by atoms with E-state index >= 15 is 0 Å². The Balaban J connectivity index is 0. The van der Waals surface area contributed by atoms with Gasteiger partial charge in [-0.25, -0.2) is 9.59 Å². The minimum absolute atomic E-state index is 0.181. The van der Waals surface area contributed by atoms with Gasteiger partial charge in [-0.2, -0.15) is 0 Å². The largest absolute Gasteiger partial charge is 0.477 e. The number of rotatable bonds is 13. The van der Waals surface area contributed by atoms with E-state index in [0.717, 1.165) is 13.0 Å². The van der Waals surface area contributed by atoms with E-state index in [1.165, 1.54) is 44.9 Å². The average molecular weight is 363 g/mol. The Bertz CT molecular complexity index is 363. The Morgan fingerprint density at radius 3 is 1.40 bits per heavy atom. The van der Waals surface area contributed by atoms with E-state index in [4.69, 9.17) is 10.2 Å². The second-order valence-electron chi connectivity index (χ2n) is 8.53. The van der Waals surface area contributed by atoms with Gasteiger partial charge in [0, 0.05) is 0 Å². The van der Waals surface area contributed by atoms with Crippen LogP contribution in [0.15, 0.2) is 0 Å². The number of aliphatic carboxylic acids is 2. The van der Waals surface area contributed by atoms with Crippen LogP contribution in [-0.2, 0) is 9.59 Å². The standard InChI is InChI=1S/C14H29NO2.C5H11NO2/c1-4-5-6-7-8-9-10-11-12-15(2,3)13-14(16)17;1-6(2,3)4-5(7)8/h4-13H2,1-3H3;4H2,1-3H3/p+2. The summed E-state index contributed by atoms with van der Waals surface area (Å²) in [6.07, 6.45) is 10.4. The molecular formula is C19H42N2O4+2. The van der Waals surface area contributed by atoms with Gasteiger partial charge in [0.25, 0.3) is 0 Å². The number of carboxylic acid groups (broad SMARTS) is 2. The second-order valence-corrected chi connectivity index (χ2v) is 8.53. The molecule has 25 heavy (non-hydrogen) atoms. The monoisotopic (exact) mass is 362 g/mol. The molecule has 0 bridgehead atoms. The molecule has 0 saturated carbocycles. The van der Waals surface area contributed by atoms with Gasteiger partial charge < -0.3 is 19.2 Å². The molecule has 6 heteroatoms. The molecule has 0 aliphatic heterocycles. The molecule has 0 radical (unpaired) electrons. The summed E-state index contributed by atoms with van der Waals surface area (Å²) in [6.45, 7) is 3.63. The van der Waals surface area contributed by atoms with Crippen LogP contribution in [0.3, 0.4) is 0 Å². The van der Waals surface area contributed by atoms with Crippen LogP contribution >= 0.6 is 0 Å². The number of quaternary nitrogens is 2. The molecule has 0 heterocycles. The van der Waals surface area contributed by atoms with E-state index < -0.39 is 11.9 Å². The third kappa shape index (κ3) is 25.2. The van der Waals surface area contributed by atoms with E-state index in [2.05, 4.69) is 6.92 Å². The molecule has 0 atom stereocenters. The van der Waals surface area contributed by atoms with E-state index in [9.17, 15) is 9.59 Å². The number of hydrogen-bond acceptors (Lipinski definition) is 2. The maximum absolute atomic E-state index is 10.6. The molecule has 0 rings (SSSR count). The van der Waals surface area contributed by atoms with Crippen LogP contribution in [0.2, 0.25) is 0 Å².